The number of likely N-dealkylation sites (N-methyl/N-ethyl adjacent to an activating group) is 1. The van der Waals surface area contributed by atoms with E-state index in [0.717, 1.165) is 5.56 Å². The van der Waals surface area contributed by atoms with Gasteiger partial charge in [0.1, 0.15) is 12.6 Å². The maximum atomic E-state index is 12.9. The van der Waals surface area contributed by atoms with Gasteiger partial charge in [0.25, 0.3) is 0 Å². The van der Waals surface area contributed by atoms with E-state index >= 15 is 0 Å². The van der Waals surface area contributed by atoms with Crippen LogP contribution in [-0.2, 0) is 20.9 Å². The lowest BCUT2D eigenvalue weighted by Gasteiger charge is -2.24. The molecule has 12 heteroatoms. The number of carbonyl (C=O) groups is 4. The second-order valence-corrected chi connectivity index (χ2v) is 7.92. The van der Waals surface area contributed by atoms with Crippen molar-refractivity contribution < 1.29 is 23.9 Å². The first kappa shape index (κ1) is 28.7. The van der Waals surface area contributed by atoms with Gasteiger partial charge in [-0.05, 0) is 43.5 Å². The third kappa shape index (κ3) is 11.0. The Bertz CT molecular complexity index is 801. The molecule has 12 nitrogen and oxygen atoms in total. The molecule has 0 saturated heterocycles. The van der Waals surface area contributed by atoms with Crippen LogP contribution in [0, 0.1) is 5.92 Å². The highest BCUT2D eigenvalue weighted by Gasteiger charge is 2.26. The summed E-state index contributed by atoms with van der Waals surface area (Å²) >= 11 is 0. The van der Waals surface area contributed by atoms with Crippen LogP contribution in [0.3, 0.4) is 0 Å². The molecule has 34 heavy (non-hydrogen) atoms. The molecule has 2 atom stereocenters. The molecule has 8 N–H and O–H groups in total. The van der Waals surface area contributed by atoms with Crippen LogP contribution in [0.15, 0.2) is 24.3 Å². The summed E-state index contributed by atoms with van der Waals surface area (Å²) in [6.45, 7) is 6.57. The van der Waals surface area contributed by atoms with E-state index in [9.17, 15) is 19.2 Å². The van der Waals surface area contributed by atoms with Crippen molar-refractivity contribution >= 4 is 29.6 Å². The fourth-order valence-electron chi connectivity index (χ4n) is 3.07. The molecule has 0 aliphatic heterocycles. The number of hydrazine groups is 1. The van der Waals surface area contributed by atoms with E-state index in [2.05, 4.69) is 32.1 Å². The minimum Gasteiger partial charge on any atom is -0.444 e. The van der Waals surface area contributed by atoms with E-state index in [-0.39, 0.29) is 30.9 Å². The molecule has 0 fully saturated rings. The van der Waals surface area contributed by atoms with Gasteiger partial charge in [0.05, 0.1) is 6.04 Å². The Morgan fingerprint density at radius 3 is 2.29 bits per heavy atom. The Hall–Kier alpha value is -3.38. The average molecular weight is 480 g/mol. The van der Waals surface area contributed by atoms with Crippen molar-refractivity contribution in [3.63, 3.8) is 0 Å². The summed E-state index contributed by atoms with van der Waals surface area (Å²) in [6, 6.07) is 4.88. The summed E-state index contributed by atoms with van der Waals surface area (Å²) in [4.78, 5) is 47.9. The highest BCUT2D eigenvalue weighted by Crippen LogP contribution is 2.12. The molecule has 1 rings (SSSR count). The number of hydrogen-bond donors (Lipinski definition) is 7. The van der Waals surface area contributed by atoms with Crippen molar-refractivity contribution in [1.82, 2.24) is 26.8 Å². The van der Waals surface area contributed by atoms with Crippen LogP contribution in [-0.4, -0.2) is 56.2 Å². The molecule has 1 aromatic rings. The lowest BCUT2D eigenvalue weighted by Crippen LogP contribution is -2.52. The maximum absolute atomic E-state index is 12.9. The second kappa shape index (κ2) is 15.5. The minimum absolute atomic E-state index is 0.0276. The van der Waals surface area contributed by atoms with E-state index in [0.29, 0.717) is 25.1 Å². The smallest absolute Gasteiger partial charge is 0.421 e. The standard InChI is InChI=1S/C22H37N7O5/c1-5-26-29-22(33)34-13-15-8-10-16(11-9-15)27-19(30)17(7-6-12-25-21(23)32)28-20(31)18(24-4)14(2)3/h8-11,14,17-18,24,26H,5-7,12-13H2,1-4H3,(H,27,30)(H,28,31)(H,29,33)(H3,23,25,32)/t17-,18-/m0/s1. The zero-order valence-electron chi connectivity index (χ0n) is 20.2. The van der Waals surface area contributed by atoms with Gasteiger partial charge < -0.3 is 31.7 Å². The number of nitrogens with two attached hydrogens (primary N) is 1. The lowest BCUT2D eigenvalue weighted by atomic mass is 10.0. The van der Waals surface area contributed by atoms with E-state index in [1.807, 2.05) is 20.8 Å². The SMILES string of the molecule is CCNNC(=O)OCc1ccc(NC(=O)[C@H](CCCNC(N)=O)NC(=O)[C@@H](NC)C(C)C)cc1. The van der Waals surface area contributed by atoms with Crippen molar-refractivity contribution in [1.29, 1.82) is 0 Å². The molecular formula is C22H37N7O5. The van der Waals surface area contributed by atoms with E-state index < -0.39 is 24.2 Å². The van der Waals surface area contributed by atoms with Crippen LogP contribution in [0.25, 0.3) is 0 Å². The number of ether oxygens (including phenoxy) is 1. The fraction of sp³-hybridized carbons (Fsp3) is 0.545. The Labute approximate surface area is 200 Å². The summed E-state index contributed by atoms with van der Waals surface area (Å²) in [6.07, 6.45) is 0.155. The number of amides is 5. The first-order valence-corrected chi connectivity index (χ1v) is 11.2. The lowest BCUT2D eigenvalue weighted by molar-refractivity contribution is -0.128. The summed E-state index contributed by atoms with van der Waals surface area (Å²) in [5, 5.41) is 11.0. The third-order valence-corrected chi connectivity index (χ3v) is 4.82. The van der Waals surface area contributed by atoms with Gasteiger partial charge in [0.15, 0.2) is 0 Å². The molecule has 0 spiro atoms. The van der Waals surface area contributed by atoms with E-state index in [4.69, 9.17) is 10.5 Å². The average Bonchev–Trinajstić information content (AvgIpc) is 2.79. The number of hydrogen-bond acceptors (Lipinski definition) is 7. The van der Waals surface area contributed by atoms with E-state index in [1.54, 1.807) is 31.3 Å². The topological polar surface area (TPSA) is 176 Å². The molecule has 0 unspecified atom stereocenters. The minimum atomic E-state index is -0.811. The fourth-order valence-corrected chi connectivity index (χ4v) is 3.07. The van der Waals surface area contributed by atoms with Crippen LogP contribution in [0.2, 0.25) is 0 Å². The van der Waals surface area contributed by atoms with Gasteiger partial charge in [-0.2, -0.15) is 0 Å². The normalized spacial score (nSPS) is 12.4. The molecule has 0 aromatic heterocycles. The summed E-state index contributed by atoms with van der Waals surface area (Å²) in [7, 11) is 1.69. The van der Waals surface area contributed by atoms with Gasteiger partial charge in [-0.25, -0.2) is 15.0 Å². The summed E-state index contributed by atoms with van der Waals surface area (Å²) in [5.74, 6) is -0.649. The van der Waals surface area contributed by atoms with Gasteiger partial charge in [0, 0.05) is 18.8 Å². The zero-order valence-corrected chi connectivity index (χ0v) is 20.2. The molecule has 5 amide bonds. The Kier molecular flexibility index (Phi) is 13.0. The van der Waals surface area contributed by atoms with Crippen LogP contribution in [0.5, 0.6) is 0 Å². The van der Waals surface area contributed by atoms with Crippen molar-refractivity contribution in [3.8, 4) is 0 Å². The predicted molar refractivity (Wildman–Crippen MR) is 129 cm³/mol. The number of primary amides is 1. The molecular weight excluding hydrogens is 442 g/mol. The molecule has 0 aliphatic rings. The highest BCUT2D eigenvalue weighted by molar-refractivity contribution is 5.97. The molecule has 0 aliphatic carbocycles. The van der Waals surface area contributed by atoms with Gasteiger partial charge in [-0.1, -0.05) is 32.9 Å². The van der Waals surface area contributed by atoms with E-state index in [1.165, 1.54) is 0 Å². The molecule has 0 radical (unpaired) electrons. The number of rotatable bonds is 14. The summed E-state index contributed by atoms with van der Waals surface area (Å²) in [5.41, 5.74) is 11.4. The number of nitrogens with one attached hydrogen (secondary N) is 6. The van der Waals surface area contributed by atoms with Crippen molar-refractivity contribution in [2.75, 3.05) is 25.5 Å². The molecule has 190 valence electrons. The van der Waals surface area contributed by atoms with Crippen molar-refractivity contribution in [3.05, 3.63) is 29.8 Å². The molecule has 0 saturated carbocycles. The van der Waals surface area contributed by atoms with Gasteiger partial charge >= 0.3 is 12.1 Å². The quantitative estimate of drug-likeness (QED) is 0.151. The third-order valence-electron chi connectivity index (χ3n) is 4.82. The number of carbonyl (C=O) groups excluding carboxylic acids is 4. The first-order valence-electron chi connectivity index (χ1n) is 11.2. The number of benzene rings is 1. The van der Waals surface area contributed by atoms with Crippen LogP contribution in [0.1, 0.15) is 39.2 Å². The van der Waals surface area contributed by atoms with Crippen LogP contribution in [0.4, 0.5) is 15.3 Å². The number of urea groups is 1. The zero-order chi connectivity index (χ0) is 25.5. The Balaban J connectivity index is 2.75. The van der Waals surface area contributed by atoms with Crippen molar-refractivity contribution in [2.45, 2.75) is 52.3 Å². The molecule has 0 bridgehead atoms. The van der Waals surface area contributed by atoms with Gasteiger partial charge in [-0.15, -0.1) is 0 Å². The summed E-state index contributed by atoms with van der Waals surface area (Å²) < 4.78 is 5.06. The first-order chi connectivity index (χ1) is 16.2. The Morgan fingerprint density at radius 1 is 1.06 bits per heavy atom. The van der Waals surface area contributed by atoms with Crippen LogP contribution >= 0.6 is 0 Å². The molecule has 0 heterocycles. The Morgan fingerprint density at radius 2 is 1.74 bits per heavy atom. The number of anilines is 1. The second-order valence-electron chi connectivity index (χ2n) is 7.92. The molecule has 1 aromatic carbocycles. The predicted octanol–water partition coefficient (Wildman–Crippen LogP) is 0.553. The monoisotopic (exact) mass is 479 g/mol. The van der Waals surface area contributed by atoms with Gasteiger partial charge in [-0.3, -0.25) is 15.0 Å². The van der Waals surface area contributed by atoms with Crippen LogP contribution < -0.4 is 37.9 Å². The maximum Gasteiger partial charge on any atom is 0.421 e. The highest BCUT2D eigenvalue weighted by atomic mass is 16.6. The van der Waals surface area contributed by atoms with Gasteiger partial charge in [0.2, 0.25) is 11.8 Å². The largest absolute Gasteiger partial charge is 0.444 e. The van der Waals surface area contributed by atoms with Crippen molar-refractivity contribution in [2.24, 2.45) is 11.7 Å².